The van der Waals surface area contributed by atoms with E-state index in [9.17, 15) is 18.0 Å². The van der Waals surface area contributed by atoms with Crippen LogP contribution >= 0.6 is 0 Å². The first-order valence-electron chi connectivity index (χ1n) is 9.38. The summed E-state index contributed by atoms with van der Waals surface area (Å²) in [6, 6.07) is 3.56. The zero-order chi connectivity index (χ0) is 20.6. The Morgan fingerprint density at radius 1 is 1.21 bits per heavy atom. The first-order chi connectivity index (χ1) is 13.8. The highest BCUT2D eigenvalue weighted by Gasteiger charge is 2.37. The fraction of sp³-hybridized carbons (Fsp3) is 0.500. The van der Waals surface area contributed by atoms with Gasteiger partial charge in [0.1, 0.15) is 0 Å². The van der Waals surface area contributed by atoms with Crippen LogP contribution in [0.3, 0.4) is 0 Å². The largest absolute Gasteiger partial charge is 0.453 e. The molecule has 0 aliphatic carbocycles. The van der Waals surface area contributed by atoms with Gasteiger partial charge in [-0.05, 0) is 31.9 Å². The summed E-state index contributed by atoms with van der Waals surface area (Å²) in [5.74, 6) is -1.22. The van der Waals surface area contributed by atoms with Gasteiger partial charge >= 0.3 is 6.18 Å². The molecule has 1 aliphatic rings. The SMILES string of the molecule is Cc1ccnn1CCC(=O)N1CCC(c2ccnc3nc(C(F)(F)F)nn23)CC1. The summed E-state index contributed by atoms with van der Waals surface area (Å²) >= 11 is 0. The lowest BCUT2D eigenvalue weighted by Crippen LogP contribution is -2.38. The Morgan fingerprint density at radius 2 is 1.97 bits per heavy atom. The number of carbonyl (C=O) groups is 1. The molecule has 1 fully saturated rings. The molecule has 0 aromatic carbocycles. The molecule has 4 heterocycles. The molecule has 0 bridgehead atoms. The molecular formula is C18H20F3N7O. The van der Waals surface area contributed by atoms with Crippen LogP contribution < -0.4 is 0 Å². The average Bonchev–Trinajstić information content (AvgIpc) is 3.32. The number of hydrogen-bond donors (Lipinski definition) is 0. The van der Waals surface area contributed by atoms with Gasteiger partial charge in [0.25, 0.3) is 11.6 Å². The fourth-order valence-electron chi connectivity index (χ4n) is 3.66. The Morgan fingerprint density at radius 3 is 2.62 bits per heavy atom. The number of piperidine rings is 1. The van der Waals surface area contributed by atoms with E-state index in [0.717, 1.165) is 5.69 Å². The smallest absolute Gasteiger partial charge is 0.343 e. The van der Waals surface area contributed by atoms with Crippen molar-refractivity contribution in [3.05, 3.63) is 41.7 Å². The molecule has 1 saturated heterocycles. The maximum absolute atomic E-state index is 12.9. The van der Waals surface area contributed by atoms with Crippen LogP contribution in [0.2, 0.25) is 0 Å². The summed E-state index contributed by atoms with van der Waals surface area (Å²) in [7, 11) is 0. The second kappa shape index (κ2) is 7.45. The molecule has 0 radical (unpaired) electrons. The van der Waals surface area contributed by atoms with E-state index in [2.05, 4.69) is 20.2 Å². The first kappa shape index (κ1) is 19.3. The third-order valence-electron chi connectivity index (χ3n) is 5.26. The van der Waals surface area contributed by atoms with Crippen molar-refractivity contribution in [3.8, 4) is 0 Å². The molecule has 4 rings (SSSR count). The van der Waals surface area contributed by atoms with Crippen molar-refractivity contribution in [1.82, 2.24) is 34.3 Å². The number of aromatic nitrogens is 6. The number of hydrogen-bond acceptors (Lipinski definition) is 5. The minimum atomic E-state index is -4.62. The number of rotatable bonds is 4. The van der Waals surface area contributed by atoms with Crippen LogP contribution in [0.1, 0.15) is 42.4 Å². The van der Waals surface area contributed by atoms with E-state index in [1.165, 1.54) is 10.7 Å². The van der Waals surface area contributed by atoms with E-state index >= 15 is 0 Å². The second-order valence-corrected chi connectivity index (χ2v) is 7.12. The monoisotopic (exact) mass is 407 g/mol. The van der Waals surface area contributed by atoms with Crippen LogP contribution in [0.5, 0.6) is 0 Å². The Hall–Kier alpha value is -2.98. The molecule has 11 heteroatoms. The number of carbonyl (C=O) groups excluding carboxylic acids is 1. The normalized spacial score (nSPS) is 15.9. The third-order valence-corrected chi connectivity index (χ3v) is 5.26. The van der Waals surface area contributed by atoms with Gasteiger partial charge in [0, 0.05) is 50.1 Å². The zero-order valence-corrected chi connectivity index (χ0v) is 15.8. The molecule has 1 aliphatic heterocycles. The summed E-state index contributed by atoms with van der Waals surface area (Å²) < 4.78 is 41.7. The predicted octanol–water partition coefficient (Wildman–Crippen LogP) is 2.44. The van der Waals surface area contributed by atoms with Gasteiger partial charge in [0.2, 0.25) is 5.91 Å². The van der Waals surface area contributed by atoms with Crippen molar-refractivity contribution < 1.29 is 18.0 Å². The summed E-state index contributed by atoms with van der Waals surface area (Å²) in [6.07, 6.45) is 0.191. The maximum Gasteiger partial charge on any atom is 0.453 e. The van der Waals surface area contributed by atoms with Gasteiger partial charge in [-0.2, -0.15) is 23.3 Å². The number of fused-ring (bicyclic) bond motifs is 1. The molecular weight excluding hydrogens is 387 g/mol. The van der Waals surface area contributed by atoms with Crippen molar-refractivity contribution in [1.29, 1.82) is 0 Å². The number of aryl methyl sites for hydroxylation is 2. The molecule has 0 atom stereocenters. The molecule has 29 heavy (non-hydrogen) atoms. The second-order valence-electron chi connectivity index (χ2n) is 7.12. The quantitative estimate of drug-likeness (QED) is 0.664. The minimum Gasteiger partial charge on any atom is -0.343 e. The Bertz CT molecular complexity index is 1020. The predicted molar refractivity (Wildman–Crippen MR) is 95.9 cm³/mol. The van der Waals surface area contributed by atoms with Crippen molar-refractivity contribution in [2.75, 3.05) is 13.1 Å². The Labute approximate surface area is 164 Å². The topological polar surface area (TPSA) is 81.2 Å². The molecule has 3 aromatic heterocycles. The number of nitrogens with zero attached hydrogens (tertiary/aromatic N) is 7. The summed E-state index contributed by atoms with van der Waals surface area (Å²) in [6.45, 7) is 3.56. The number of likely N-dealkylation sites (tertiary alicyclic amines) is 1. The van der Waals surface area contributed by atoms with E-state index in [1.54, 1.807) is 21.8 Å². The van der Waals surface area contributed by atoms with Gasteiger partial charge in [0.05, 0.1) is 5.69 Å². The van der Waals surface area contributed by atoms with E-state index in [1.807, 2.05) is 13.0 Å². The van der Waals surface area contributed by atoms with E-state index < -0.39 is 12.0 Å². The Balaban J connectivity index is 1.41. The number of halogens is 3. The molecule has 0 spiro atoms. The number of alkyl halides is 3. The lowest BCUT2D eigenvalue weighted by atomic mass is 9.93. The molecule has 0 N–H and O–H groups in total. The third kappa shape index (κ3) is 3.94. The lowest BCUT2D eigenvalue weighted by molar-refractivity contribution is -0.144. The standard InChI is InChI=1S/C18H20F3N7O/c1-12-2-8-23-27(12)11-6-15(29)26-9-4-13(5-10-26)14-3-7-22-17-24-16(18(19,20)21)25-28(14)17/h2-3,7-8,13H,4-6,9-11H2,1H3. The van der Waals surface area contributed by atoms with Crippen molar-refractivity contribution in [2.45, 2.75) is 44.8 Å². The summed E-state index contributed by atoms with van der Waals surface area (Å²) in [5, 5.41) is 7.78. The van der Waals surface area contributed by atoms with Crippen molar-refractivity contribution in [3.63, 3.8) is 0 Å². The van der Waals surface area contributed by atoms with Crippen LogP contribution in [-0.2, 0) is 17.5 Å². The first-order valence-corrected chi connectivity index (χ1v) is 9.38. The molecule has 8 nitrogen and oxygen atoms in total. The molecule has 0 saturated carbocycles. The molecule has 0 unspecified atom stereocenters. The van der Waals surface area contributed by atoms with Gasteiger partial charge in [-0.3, -0.25) is 9.48 Å². The van der Waals surface area contributed by atoms with Crippen LogP contribution in [0.4, 0.5) is 13.2 Å². The van der Waals surface area contributed by atoms with Crippen molar-refractivity contribution >= 4 is 11.7 Å². The van der Waals surface area contributed by atoms with Crippen LogP contribution in [0, 0.1) is 6.92 Å². The Kier molecular flexibility index (Phi) is 4.97. The highest BCUT2D eigenvalue weighted by molar-refractivity contribution is 5.76. The van der Waals surface area contributed by atoms with Crippen LogP contribution in [-0.4, -0.2) is 53.3 Å². The van der Waals surface area contributed by atoms with Gasteiger partial charge in [0.15, 0.2) is 0 Å². The zero-order valence-electron chi connectivity index (χ0n) is 15.8. The van der Waals surface area contributed by atoms with E-state index in [4.69, 9.17) is 0 Å². The van der Waals surface area contributed by atoms with Gasteiger partial charge in [-0.15, -0.1) is 5.10 Å². The van der Waals surface area contributed by atoms with Crippen LogP contribution in [0.25, 0.3) is 5.78 Å². The molecule has 154 valence electrons. The molecule has 3 aromatic rings. The average molecular weight is 407 g/mol. The highest BCUT2D eigenvalue weighted by atomic mass is 19.4. The fourth-order valence-corrected chi connectivity index (χ4v) is 3.66. The summed E-state index contributed by atoms with van der Waals surface area (Å²) in [4.78, 5) is 21.7. The summed E-state index contributed by atoms with van der Waals surface area (Å²) in [5.41, 5.74) is 1.64. The molecule has 1 amide bonds. The maximum atomic E-state index is 12.9. The van der Waals surface area contributed by atoms with E-state index in [-0.39, 0.29) is 17.6 Å². The van der Waals surface area contributed by atoms with E-state index in [0.29, 0.717) is 44.6 Å². The number of amides is 1. The lowest BCUT2D eigenvalue weighted by Gasteiger charge is -2.32. The van der Waals surface area contributed by atoms with Crippen LogP contribution in [0.15, 0.2) is 24.5 Å². The minimum absolute atomic E-state index is 0.0132. The van der Waals surface area contributed by atoms with Crippen molar-refractivity contribution in [2.24, 2.45) is 0 Å². The van der Waals surface area contributed by atoms with Gasteiger partial charge in [-0.1, -0.05) is 0 Å². The highest BCUT2D eigenvalue weighted by Crippen LogP contribution is 2.30. The van der Waals surface area contributed by atoms with Gasteiger partial charge in [-0.25, -0.2) is 9.50 Å². The van der Waals surface area contributed by atoms with Gasteiger partial charge < -0.3 is 4.90 Å².